The third-order valence-corrected chi connectivity index (χ3v) is 8.37. The van der Waals surface area contributed by atoms with Crippen molar-refractivity contribution in [3.05, 3.63) is 29.8 Å². The highest BCUT2D eigenvalue weighted by Crippen LogP contribution is 2.44. The Hall–Kier alpha value is 0.0800. The van der Waals surface area contributed by atoms with Crippen LogP contribution in [0.3, 0.4) is 0 Å². The van der Waals surface area contributed by atoms with E-state index in [9.17, 15) is 13.2 Å². The smallest absolute Gasteiger partial charge is 0.255 e. The van der Waals surface area contributed by atoms with Gasteiger partial charge >= 0.3 is 0 Å². The van der Waals surface area contributed by atoms with E-state index in [1.165, 1.54) is 6.07 Å². The molecule has 0 atom stereocenters. The van der Waals surface area contributed by atoms with Gasteiger partial charge in [-0.25, -0.2) is 8.42 Å². The molecule has 1 aromatic carbocycles. The number of carbonyl (C=O) groups is 1. The molecule has 1 aromatic rings. The number of alkyl halides is 3. The Kier molecular flexibility index (Phi) is 7.56. The van der Waals surface area contributed by atoms with Crippen LogP contribution in [0.2, 0.25) is 0 Å². The molecule has 0 saturated heterocycles. The van der Waals surface area contributed by atoms with Crippen LogP contribution in [0.1, 0.15) is 37.0 Å². The highest BCUT2D eigenvalue weighted by molar-refractivity contribution is 9.42. The monoisotopic (exact) mass is 517 g/mol. The van der Waals surface area contributed by atoms with Crippen LogP contribution < -0.4 is 0 Å². The van der Waals surface area contributed by atoms with Gasteiger partial charge in [0, 0.05) is 13.1 Å². The van der Waals surface area contributed by atoms with E-state index in [0.29, 0.717) is 13.1 Å². The first-order chi connectivity index (χ1) is 10.2. The summed E-state index contributed by atoms with van der Waals surface area (Å²) in [5.74, 6) is -0.264. The van der Waals surface area contributed by atoms with Crippen LogP contribution in [0, 0.1) is 0 Å². The minimum absolute atomic E-state index is 0.0113. The molecule has 0 N–H and O–H groups in total. The maximum absolute atomic E-state index is 12.7. The number of hydrogen-bond donors (Lipinski definition) is 0. The van der Waals surface area contributed by atoms with Crippen LogP contribution in [-0.2, 0) is 9.84 Å². The second kappa shape index (κ2) is 8.26. The topological polar surface area (TPSA) is 54.5 Å². The summed E-state index contributed by atoms with van der Waals surface area (Å²) < 4.78 is 23.7. The minimum Gasteiger partial charge on any atom is -0.339 e. The molecule has 0 aromatic heterocycles. The summed E-state index contributed by atoms with van der Waals surface area (Å²) in [6, 6.07) is 6.26. The van der Waals surface area contributed by atoms with Gasteiger partial charge in [-0.15, -0.1) is 0 Å². The molecule has 0 aliphatic carbocycles. The third kappa shape index (κ3) is 4.55. The van der Waals surface area contributed by atoms with Crippen molar-refractivity contribution in [2.24, 2.45) is 0 Å². The van der Waals surface area contributed by atoms with Gasteiger partial charge in [-0.1, -0.05) is 26.0 Å². The second-order valence-corrected chi connectivity index (χ2v) is 15.1. The maximum Gasteiger partial charge on any atom is 0.255 e. The molecule has 0 aliphatic rings. The highest BCUT2D eigenvalue weighted by Gasteiger charge is 2.40. The number of carbonyl (C=O) groups excluding carboxylic acids is 1. The molecule has 0 unspecified atom stereocenters. The first-order valence-electron chi connectivity index (χ1n) is 6.86. The number of hydrogen-bond acceptors (Lipinski definition) is 3. The number of nitrogens with zero attached hydrogens (tertiary/aromatic N) is 1. The Bertz CT molecular complexity index is 620. The minimum atomic E-state index is -3.81. The average Bonchev–Trinajstić information content (AvgIpc) is 2.45. The van der Waals surface area contributed by atoms with E-state index < -0.39 is 11.3 Å². The van der Waals surface area contributed by atoms with E-state index >= 15 is 0 Å². The normalized spacial score (nSPS) is 12.2. The lowest BCUT2D eigenvalue weighted by Crippen LogP contribution is -2.34. The molecule has 0 saturated carbocycles. The van der Waals surface area contributed by atoms with Crippen LogP contribution in [0.5, 0.6) is 0 Å². The number of benzene rings is 1. The molecule has 8 heteroatoms. The van der Waals surface area contributed by atoms with Gasteiger partial charge in [-0.05, 0) is 72.8 Å². The third-order valence-electron chi connectivity index (χ3n) is 2.99. The lowest BCUT2D eigenvalue weighted by Gasteiger charge is -2.23. The molecule has 0 bridgehead atoms. The van der Waals surface area contributed by atoms with Gasteiger partial charge in [0.25, 0.3) is 5.91 Å². The zero-order valence-electron chi connectivity index (χ0n) is 12.4. The van der Waals surface area contributed by atoms with E-state index in [4.69, 9.17) is 0 Å². The molecular weight excluding hydrogens is 502 g/mol. The molecule has 124 valence electrons. The highest BCUT2D eigenvalue weighted by atomic mass is 80.0. The molecule has 0 fully saturated rings. The van der Waals surface area contributed by atoms with Gasteiger partial charge in [0.15, 0.2) is 0 Å². The molecule has 0 spiro atoms. The average molecular weight is 520 g/mol. The first-order valence-corrected chi connectivity index (χ1v) is 10.7. The summed E-state index contributed by atoms with van der Waals surface area (Å²) in [5, 5.41) is 0. The summed E-state index contributed by atoms with van der Waals surface area (Å²) in [7, 11) is -3.81. The zero-order chi connectivity index (χ0) is 17.0. The molecule has 22 heavy (non-hydrogen) atoms. The molecule has 4 nitrogen and oxygen atoms in total. The Morgan fingerprint density at radius 1 is 1.09 bits per heavy atom. The van der Waals surface area contributed by atoms with Crippen molar-refractivity contribution < 1.29 is 13.2 Å². The standard InChI is InChI=1S/C14H18Br3NO3S/c1-3-9-18(10-4-2)13(19)11-7-5-6-8-12(11)22(20,21)14(15,16)17/h5-8H,3-4,9-10H2,1-2H3. The Morgan fingerprint density at radius 3 is 2.05 bits per heavy atom. The number of sulfone groups is 1. The van der Waals surface area contributed by atoms with Crippen molar-refractivity contribution in [2.45, 2.75) is 33.1 Å². The van der Waals surface area contributed by atoms with Crippen molar-refractivity contribution in [3.8, 4) is 0 Å². The lowest BCUT2D eigenvalue weighted by atomic mass is 10.2. The summed E-state index contributed by atoms with van der Waals surface area (Å²) in [5.41, 5.74) is 0.187. The van der Waals surface area contributed by atoms with Crippen molar-refractivity contribution in [1.29, 1.82) is 0 Å². The van der Waals surface area contributed by atoms with Crippen LogP contribution in [0.25, 0.3) is 0 Å². The van der Waals surface area contributed by atoms with E-state index in [0.717, 1.165) is 12.8 Å². The van der Waals surface area contributed by atoms with Crippen molar-refractivity contribution in [1.82, 2.24) is 4.90 Å². The number of halogens is 3. The van der Waals surface area contributed by atoms with Gasteiger partial charge in [0.1, 0.15) is 0 Å². The summed E-state index contributed by atoms with van der Waals surface area (Å²) in [6.45, 7) is 5.17. The molecule has 0 heterocycles. The molecular formula is C14H18Br3NO3S. The Morgan fingerprint density at radius 2 is 1.59 bits per heavy atom. The van der Waals surface area contributed by atoms with E-state index in [2.05, 4.69) is 47.8 Å². The first kappa shape index (κ1) is 20.1. The fraction of sp³-hybridized carbons (Fsp3) is 0.500. The summed E-state index contributed by atoms with van der Waals surface area (Å²) >= 11 is 9.12. The van der Waals surface area contributed by atoms with Crippen LogP contribution in [0.15, 0.2) is 29.2 Å². The molecule has 0 radical (unpaired) electrons. The Balaban J connectivity index is 3.36. The van der Waals surface area contributed by atoms with Crippen LogP contribution >= 0.6 is 47.8 Å². The maximum atomic E-state index is 12.7. The van der Waals surface area contributed by atoms with Gasteiger partial charge in [-0.3, -0.25) is 4.79 Å². The van der Waals surface area contributed by atoms with E-state index in [-0.39, 0.29) is 16.4 Å². The predicted molar refractivity (Wildman–Crippen MR) is 99.6 cm³/mol. The van der Waals surface area contributed by atoms with Gasteiger partial charge in [0.05, 0.1) is 10.5 Å². The largest absolute Gasteiger partial charge is 0.339 e. The number of rotatable bonds is 6. The predicted octanol–water partition coefficient (Wildman–Crippen LogP) is 4.52. The fourth-order valence-electron chi connectivity index (χ4n) is 2.03. The second-order valence-electron chi connectivity index (χ2n) is 4.74. The number of amides is 1. The van der Waals surface area contributed by atoms with Gasteiger partial charge < -0.3 is 4.90 Å². The molecule has 1 rings (SSSR count). The summed E-state index contributed by atoms with van der Waals surface area (Å²) in [6.07, 6.45) is 1.64. The van der Waals surface area contributed by atoms with Gasteiger partial charge in [0.2, 0.25) is 11.3 Å². The quantitative estimate of drug-likeness (QED) is 0.519. The SMILES string of the molecule is CCCN(CCC)C(=O)c1ccccc1S(=O)(=O)C(Br)(Br)Br. The van der Waals surface area contributed by atoms with E-state index in [1.54, 1.807) is 23.1 Å². The lowest BCUT2D eigenvalue weighted by molar-refractivity contribution is 0.0751. The zero-order valence-corrected chi connectivity index (χ0v) is 17.9. The van der Waals surface area contributed by atoms with Gasteiger partial charge in [-0.2, -0.15) is 0 Å². The van der Waals surface area contributed by atoms with E-state index in [1.807, 2.05) is 13.8 Å². The van der Waals surface area contributed by atoms with Crippen LogP contribution in [0.4, 0.5) is 0 Å². The van der Waals surface area contributed by atoms with Crippen molar-refractivity contribution >= 4 is 63.5 Å². The molecule has 0 aliphatic heterocycles. The molecule has 1 amide bonds. The Labute approximate surface area is 157 Å². The fourth-order valence-corrected chi connectivity index (χ4v) is 4.55. The summed E-state index contributed by atoms with van der Waals surface area (Å²) in [4.78, 5) is 14.4. The van der Waals surface area contributed by atoms with Crippen LogP contribution in [-0.4, -0.2) is 33.8 Å². The van der Waals surface area contributed by atoms with Crippen molar-refractivity contribution in [2.75, 3.05) is 13.1 Å². The van der Waals surface area contributed by atoms with Crippen molar-refractivity contribution in [3.63, 3.8) is 0 Å².